The van der Waals surface area contributed by atoms with Gasteiger partial charge < -0.3 is 9.47 Å². The zero-order valence-electron chi connectivity index (χ0n) is 12.4. The van der Waals surface area contributed by atoms with E-state index in [9.17, 15) is 4.79 Å². The van der Waals surface area contributed by atoms with Crippen LogP contribution in [0.4, 0.5) is 0 Å². The second-order valence-electron chi connectivity index (χ2n) is 5.07. The topological polar surface area (TPSA) is 38.1 Å². The molecule has 2 aromatic rings. The summed E-state index contributed by atoms with van der Waals surface area (Å²) >= 11 is 3.45. The lowest BCUT2D eigenvalue weighted by atomic mass is 10.2. The van der Waals surface area contributed by atoms with Crippen LogP contribution in [0, 0.1) is 0 Å². The van der Waals surface area contributed by atoms with Gasteiger partial charge in [-0.2, -0.15) is 0 Å². The van der Waals surface area contributed by atoms with Crippen molar-refractivity contribution in [3.05, 3.63) is 52.5 Å². The van der Waals surface area contributed by atoms with Crippen molar-refractivity contribution < 1.29 is 4.79 Å². The Balaban J connectivity index is 2.02. The second kappa shape index (κ2) is 7.41. The average molecular weight is 350 g/mol. The highest BCUT2D eigenvalue weighted by atomic mass is 79.9. The fraction of sp³-hybridized carbons (Fsp3) is 0.375. The number of likely N-dealkylation sites (N-methyl/N-ethyl adjacent to an activating group) is 1. The van der Waals surface area contributed by atoms with Crippen LogP contribution in [-0.2, 0) is 13.0 Å². The molecule has 0 bridgehead atoms. The van der Waals surface area contributed by atoms with Gasteiger partial charge in [-0.1, -0.05) is 6.92 Å². The molecule has 0 radical (unpaired) electrons. The Morgan fingerprint density at radius 2 is 2.10 bits per heavy atom. The van der Waals surface area contributed by atoms with Crippen molar-refractivity contribution in [2.24, 2.45) is 0 Å². The maximum absolute atomic E-state index is 12.5. The van der Waals surface area contributed by atoms with Crippen LogP contribution in [0.15, 0.2) is 41.3 Å². The average Bonchev–Trinajstić information content (AvgIpc) is 2.86. The number of nitrogens with zero attached hydrogens (tertiary/aromatic N) is 3. The van der Waals surface area contributed by atoms with Gasteiger partial charge in [0.2, 0.25) is 0 Å². The van der Waals surface area contributed by atoms with Crippen LogP contribution < -0.4 is 0 Å². The molecule has 0 aliphatic heterocycles. The Kier molecular flexibility index (Phi) is 5.56. The third-order valence-corrected chi connectivity index (χ3v) is 3.81. The van der Waals surface area contributed by atoms with E-state index >= 15 is 0 Å². The number of rotatable bonds is 6. The first-order valence-corrected chi connectivity index (χ1v) is 7.91. The highest BCUT2D eigenvalue weighted by Crippen LogP contribution is 2.17. The van der Waals surface area contributed by atoms with E-state index in [0.717, 1.165) is 29.6 Å². The Morgan fingerprint density at radius 3 is 2.76 bits per heavy atom. The number of halogens is 1. The molecule has 5 heteroatoms. The molecule has 0 aliphatic carbocycles. The first-order valence-electron chi connectivity index (χ1n) is 7.12. The van der Waals surface area contributed by atoms with Gasteiger partial charge in [-0.05, 0) is 52.5 Å². The highest BCUT2D eigenvalue weighted by molar-refractivity contribution is 9.10. The van der Waals surface area contributed by atoms with Gasteiger partial charge in [0.05, 0.1) is 0 Å². The summed E-state index contributed by atoms with van der Waals surface area (Å²) in [5.74, 6) is 0.0585. The smallest absolute Gasteiger partial charge is 0.270 e. The molecule has 21 heavy (non-hydrogen) atoms. The number of carbonyl (C=O) groups is 1. The number of hydrogen-bond donors (Lipinski definition) is 0. The summed E-state index contributed by atoms with van der Waals surface area (Å²) in [6.07, 6.45) is 7.36. The van der Waals surface area contributed by atoms with Gasteiger partial charge in [0.1, 0.15) is 5.69 Å². The molecule has 2 aromatic heterocycles. The fourth-order valence-corrected chi connectivity index (χ4v) is 2.69. The van der Waals surface area contributed by atoms with Crippen molar-refractivity contribution >= 4 is 21.8 Å². The van der Waals surface area contributed by atoms with E-state index in [-0.39, 0.29) is 5.91 Å². The lowest BCUT2D eigenvalue weighted by molar-refractivity contribution is 0.0786. The standard InChI is InChI=1S/C16H20BrN3O/c1-3-9-20-12-14(17)11-15(20)16(21)19(2)10-6-13-4-7-18-8-5-13/h4-5,7-8,11-12H,3,6,9-10H2,1-2H3. The number of pyridine rings is 1. The Hall–Kier alpha value is -1.62. The quantitative estimate of drug-likeness (QED) is 0.801. The predicted molar refractivity (Wildman–Crippen MR) is 87.3 cm³/mol. The molecule has 0 aromatic carbocycles. The molecule has 0 fully saturated rings. The lowest BCUT2D eigenvalue weighted by Crippen LogP contribution is -2.30. The molecule has 112 valence electrons. The molecular formula is C16H20BrN3O. The summed E-state index contributed by atoms with van der Waals surface area (Å²) in [6, 6.07) is 5.85. The molecule has 0 saturated carbocycles. The number of carbonyl (C=O) groups excluding carboxylic acids is 1. The summed E-state index contributed by atoms with van der Waals surface area (Å²) in [6.45, 7) is 3.65. The van der Waals surface area contributed by atoms with E-state index in [1.165, 1.54) is 5.56 Å². The molecule has 0 aliphatic rings. The lowest BCUT2D eigenvalue weighted by Gasteiger charge is -2.18. The molecule has 2 heterocycles. The summed E-state index contributed by atoms with van der Waals surface area (Å²) in [5, 5.41) is 0. The van der Waals surface area contributed by atoms with Gasteiger partial charge in [-0.25, -0.2) is 0 Å². The van der Waals surface area contributed by atoms with Crippen LogP contribution in [0.25, 0.3) is 0 Å². The zero-order valence-corrected chi connectivity index (χ0v) is 14.0. The summed E-state index contributed by atoms with van der Waals surface area (Å²) in [4.78, 5) is 18.3. The van der Waals surface area contributed by atoms with Gasteiger partial charge >= 0.3 is 0 Å². The van der Waals surface area contributed by atoms with E-state index < -0.39 is 0 Å². The molecular weight excluding hydrogens is 330 g/mol. The minimum absolute atomic E-state index is 0.0585. The fourth-order valence-electron chi connectivity index (χ4n) is 2.22. The van der Waals surface area contributed by atoms with Crippen molar-refractivity contribution in [1.82, 2.24) is 14.5 Å². The van der Waals surface area contributed by atoms with Gasteiger partial charge in [0.15, 0.2) is 0 Å². The van der Waals surface area contributed by atoms with Gasteiger partial charge in [0, 0.05) is 43.2 Å². The SMILES string of the molecule is CCCn1cc(Br)cc1C(=O)N(C)CCc1ccncc1. The van der Waals surface area contributed by atoms with E-state index in [1.807, 2.05) is 36.0 Å². The molecule has 1 amide bonds. The predicted octanol–water partition coefficient (Wildman–Crippen LogP) is 3.37. The molecule has 0 saturated heterocycles. The first-order chi connectivity index (χ1) is 10.1. The summed E-state index contributed by atoms with van der Waals surface area (Å²) in [5.41, 5.74) is 1.93. The first kappa shape index (κ1) is 15.8. The normalized spacial score (nSPS) is 10.6. The van der Waals surface area contributed by atoms with Crippen LogP contribution in [0.2, 0.25) is 0 Å². The number of amides is 1. The Morgan fingerprint density at radius 1 is 1.38 bits per heavy atom. The Bertz CT molecular complexity index is 595. The third kappa shape index (κ3) is 4.17. The maximum Gasteiger partial charge on any atom is 0.270 e. The molecule has 4 nitrogen and oxygen atoms in total. The number of aryl methyl sites for hydroxylation is 1. The molecule has 0 unspecified atom stereocenters. The van der Waals surface area contributed by atoms with Crippen molar-refractivity contribution in [3.63, 3.8) is 0 Å². The van der Waals surface area contributed by atoms with E-state index in [1.54, 1.807) is 17.3 Å². The van der Waals surface area contributed by atoms with E-state index in [4.69, 9.17) is 0 Å². The molecule has 0 atom stereocenters. The zero-order chi connectivity index (χ0) is 15.2. The van der Waals surface area contributed by atoms with Crippen LogP contribution in [0.3, 0.4) is 0 Å². The molecule has 0 N–H and O–H groups in total. The summed E-state index contributed by atoms with van der Waals surface area (Å²) < 4.78 is 2.96. The van der Waals surface area contributed by atoms with Crippen molar-refractivity contribution in [2.45, 2.75) is 26.3 Å². The maximum atomic E-state index is 12.5. The second-order valence-corrected chi connectivity index (χ2v) is 5.98. The van der Waals surface area contributed by atoms with Gasteiger partial charge in [-0.3, -0.25) is 9.78 Å². The van der Waals surface area contributed by atoms with Crippen LogP contribution >= 0.6 is 15.9 Å². The third-order valence-electron chi connectivity index (χ3n) is 3.38. The van der Waals surface area contributed by atoms with Gasteiger partial charge in [-0.15, -0.1) is 0 Å². The molecule has 0 spiro atoms. The molecule has 2 rings (SSSR count). The van der Waals surface area contributed by atoms with Gasteiger partial charge in [0.25, 0.3) is 5.91 Å². The Labute approximate surface area is 133 Å². The number of hydrogen-bond acceptors (Lipinski definition) is 2. The minimum Gasteiger partial charge on any atom is -0.342 e. The van der Waals surface area contributed by atoms with E-state index in [0.29, 0.717) is 6.54 Å². The minimum atomic E-state index is 0.0585. The number of aromatic nitrogens is 2. The van der Waals surface area contributed by atoms with Crippen molar-refractivity contribution in [2.75, 3.05) is 13.6 Å². The van der Waals surface area contributed by atoms with Crippen LogP contribution in [0.5, 0.6) is 0 Å². The van der Waals surface area contributed by atoms with Crippen molar-refractivity contribution in [3.8, 4) is 0 Å². The monoisotopic (exact) mass is 349 g/mol. The van der Waals surface area contributed by atoms with Crippen LogP contribution in [-0.4, -0.2) is 34.0 Å². The highest BCUT2D eigenvalue weighted by Gasteiger charge is 2.16. The van der Waals surface area contributed by atoms with Crippen molar-refractivity contribution in [1.29, 1.82) is 0 Å². The van der Waals surface area contributed by atoms with E-state index in [2.05, 4.69) is 27.8 Å². The summed E-state index contributed by atoms with van der Waals surface area (Å²) in [7, 11) is 1.85. The largest absolute Gasteiger partial charge is 0.342 e. The van der Waals surface area contributed by atoms with Crippen LogP contribution in [0.1, 0.15) is 29.4 Å².